The number of hydrogen-bond donors (Lipinski definition) is 2. The Hall–Kier alpha value is -3.27. The molecule has 3 saturated heterocycles. The molecule has 0 aromatic carbocycles. The van der Waals surface area contributed by atoms with Crippen molar-refractivity contribution in [2.75, 3.05) is 42.5 Å². The maximum Gasteiger partial charge on any atom is 0.227 e. The molecular weight excluding hydrogens is 399 g/mol. The van der Waals surface area contributed by atoms with E-state index in [0.717, 1.165) is 31.0 Å². The van der Waals surface area contributed by atoms with Crippen LogP contribution in [0.5, 0.6) is 0 Å². The van der Waals surface area contributed by atoms with Crippen LogP contribution in [-0.4, -0.2) is 64.0 Å². The molecule has 1 amide bonds. The van der Waals surface area contributed by atoms with Crippen LogP contribution >= 0.6 is 0 Å². The summed E-state index contributed by atoms with van der Waals surface area (Å²) in [7, 11) is 0. The lowest BCUT2D eigenvalue weighted by molar-refractivity contribution is -0.125. The molecule has 3 aromatic rings. The van der Waals surface area contributed by atoms with Crippen molar-refractivity contribution in [2.45, 2.75) is 12.6 Å². The Kier molecular flexibility index (Phi) is 4.27. The fourth-order valence-electron chi connectivity index (χ4n) is 4.59. The minimum atomic E-state index is -0.450. The Labute approximate surface area is 178 Å². The van der Waals surface area contributed by atoms with Crippen molar-refractivity contribution in [2.24, 2.45) is 11.8 Å². The van der Waals surface area contributed by atoms with Gasteiger partial charge in [0.25, 0.3) is 0 Å². The summed E-state index contributed by atoms with van der Waals surface area (Å²) in [4.78, 5) is 29.5. The number of pyridine rings is 1. The van der Waals surface area contributed by atoms with Gasteiger partial charge in [-0.25, -0.2) is 14.4 Å². The summed E-state index contributed by atoms with van der Waals surface area (Å²) in [6.45, 7) is 4.06. The van der Waals surface area contributed by atoms with E-state index in [1.165, 1.54) is 6.20 Å². The molecule has 3 aliphatic heterocycles. The lowest BCUT2D eigenvalue weighted by Crippen LogP contribution is -2.54. The molecule has 6 rings (SSSR count). The number of aromatic nitrogens is 4. The molecule has 6 heterocycles. The first kappa shape index (κ1) is 18.5. The number of nitrogens with zero attached hydrogens (tertiary/aromatic N) is 6. The third-order valence-corrected chi connectivity index (χ3v) is 6.57. The zero-order valence-electron chi connectivity index (χ0n) is 16.9. The minimum absolute atomic E-state index is 0.0426. The van der Waals surface area contributed by atoms with Gasteiger partial charge in [0.1, 0.15) is 5.65 Å². The van der Waals surface area contributed by atoms with Crippen molar-refractivity contribution in [3.63, 3.8) is 0 Å². The SMILES string of the molecule is O=C(NCc1cnc2ccccn12)C1CN(c2nc(N3CC4CNC4C3)ncc2F)C1. The fourth-order valence-corrected chi connectivity index (χ4v) is 4.59. The Bertz CT molecular complexity index is 1130. The molecule has 0 aliphatic carbocycles. The van der Waals surface area contributed by atoms with Crippen molar-refractivity contribution in [1.29, 1.82) is 0 Å². The quantitative estimate of drug-likeness (QED) is 0.616. The first-order valence-corrected chi connectivity index (χ1v) is 10.6. The number of amides is 1. The molecule has 3 aromatic heterocycles. The fraction of sp³-hybridized carbons (Fsp3) is 0.429. The van der Waals surface area contributed by atoms with Gasteiger partial charge in [-0.05, 0) is 12.1 Å². The molecule has 0 bridgehead atoms. The van der Waals surface area contributed by atoms with E-state index < -0.39 is 5.82 Å². The van der Waals surface area contributed by atoms with Gasteiger partial charge in [-0.15, -0.1) is 0 Å². The summed E-state index contributed by atoms with van der Waals surface area (Å²) in [5, 5.41) is 6.37. The van der Waals surface area contributed by atoms with Gasteiger partial charge in [0.05, 0.1) is 30.6 Å². The molecule has 0 radical (unpaired) electrons. The Morgan fingerprint density at radius 2 is 2.06 bits per heavy atom. The summed E-state index contributed by atoms with van der Waals surface area (Å²) in [5.41, 5.74) is 1.76. The van der Waals surface area contributed by atoms with Crippen LogP contribution in [0.3, 0.4) is 0 Å². The van der Waals surface area contributed by atoms with E-state index in [1.807, 2.05) is 33.7 Å². The van der Waals surface area contributed by atoms with Crippen molar-refractivity contribution in [3.8, 4) is 0 Å². The van der Waals surface area contributed by atoms with Crippen LogP contribution in [0.1, 0.15) is 5.69 Å². The third-order valence-electron chi connectivity index (χ3n) is 6.57. The van der Waals surface area contributed by atoms with Gasteiger partial charge in [-0.1, -0.05) is 6.07 Å². The monoisotopic (exact) mass is 422 g/mol. The number of carbonyl (C=O) groups is 1. The molecule has 2 atom stereocenters. The van der Waals surface area contributed by atoms with E-state index in [1.54, 1.807) is 6.20 Å². The lowest BCUT2D eigenvalue weighted by Gasteiger charge is -2.39. The van der Waals surface area contributed by atoms with E-state index in [9.17, 15) is 9.18 Å². The van der Waals surface area contributed by atoms with Gasteiger partial charge in [0.2, 0.25) is 11.9 Å². The highest BCUT2D eigenvalue weighted by atomic mass is 19.1. The van der Waals surface area contributed by atoms with Gasteiger partial charge >= 0.3 is 0 Å². The molecule has 2 unspecified atom stereocenters. The molecule has 2 N–H and O–H groups in total. The molecule has 0 saturated carbocycles. The van der Waals surface area contributed by atoms with Gasteiger partial charge in [-0.2, -0.15) is 4.98 Å². The number of imidazole rings is 1. The number of halogens is 1. The van der Waals surface area contributed by atoms with Crippen molar-refractivity contribution in [1.82, 2.24) is 30.0 Å². The third kappa shape index (κ3) is 3.18. The van der Waals surface area contributed by atoms with Crippen LogP contribution in [0.15, 0.2) is 36.8 Å². The van der Waals surface area contributed by atoms with E-state index in [2.05, 4.69) is 30.5 Å². The average molecular weight is 422 g/mol. The predicted octanol–water partition coefficient (Wildman–Crippen LogP) is 0.424. The zero-order chi connectivity index (χ0) is 20.9. The zero-order valence-corrected chi connectivity index (χ0v) is 16.9. The number of nitrogens with one attached hydrogen (secondary N) is 2. The first-order valence-electron chi connectivity index (χ1n) is 10.6. The molecule has 160 valence electrons. The maximum atomic E-state index is 14.4. The number of fused-ring (bicyclic) bond motifs is 2. The van der Waals surface area contributed by atoms with E-state index in [0.29, 0.717) is 37.5 Å². The summed E-state index contributed by atoms with van der Waals surface area (Å²) in [6.07, 6.45) is 4.93. The molecule has 3 fully saturated rings. The molecule has 10 heteroatoms. The largest absolute Gasteiger partial charge is 0.352 e. The van der Waals surface area contributed by atoms with Crippen LogP contribution in [0, 0.1) is 17.7 Å². The molecule has 3 aliphatic rings. The van der Waals surface area contributed by atoms with Gasteiger partial charge in [0.15, 0.2) is 11.6 Å². The van der Waals surface area contributed by atoms with Gasteiger partial charge in [-0.3, -0.25) is 4.79 Å². The van der Waals surface area contributed by atoms with Crippen molar-refractivity contribution in [3.05, 3.63) is 48.3 Å². The molecule has 9 nitrogen and oxygen atoms in total. The minimum Gasteiger partial charge on any atom is -0.352 e. The summed E-state index contributed by atoms with van der Waals surface area (Å²) < 4.78 is 16.3. The van der Waals surface area contributed by atoms with Crippen LogP contribution < -0.4 is 20.4 Å². The van der Waals surface area contributed by atoms with Gasteiger partial charge in [0, 0.05) is 50.9 Å². The standard InChI is InChI=1S/C21H23FN8O/c22-16-8-26-21(29-9-13-5-23-17(13)12-29)27-19(16)28-10-14(11-28)20(31)25-7-15-6-24-18-3-1-2-4-30(15)18/h1-4,6,8,13-14,17,23H,5,7,9-12H2,(H,25,31). The normalized spacial score (nSPS) is 22.9. The van der Waals surface area contributed by atoms with Crippen molar-refractivity contribution < 1.29 is 9.18 Å². The summed E-state index contributed by atoms with van der Waals surface area (Å²) in [5.74, 6) is 0.787. The highest BCUT2D eigenvalue weighted by Gasteiger charge is 2.41. The highest BCUT2D eigenvalue weighted by molar-refractivity contribution is 5.81. The predicted molar refractivity (Wildman–Crippen MR) is 112 cm³/mol. The first-order chi connectivity index (χ1) is 15.2. The lowest BCUT2D eigenvalue weighted by atomic mass is 9.96. The van der Waals surface area contributed by atoms with Gasteiger partial charge < -0.3 is 24.8 Å². The highest BCUT2D eigenvalue weighted by Crippen LogP contribution is 2.30. The average Bonchev–Trinajstić information content (AvgIpc) is 3.27. The van der Waals surface area contributed by atoms with Crippen LogP contribution in [-0.2, 0) is 11.3 Å². The van der Waals surface area contributed by atoms with Crippen LogP contribution in [0.2, 0.25) is 0 Å². The second kappa shape index (κ2) is 7.16. The Morgan fingerprint density at radius 1 is 1.16 bits per heavy atom. The van der Waals surface area contributed by atoms with E-state index >= 15 is 0 Å². The maximum absolute atomic E-state index is 14.4. The molecule has 0 spiro atoms. The Balaban J connectivity index is 1.07. The van der Waals surface area contributed by atoms with E-state index in [4.69, 9.17) is 0 Å². The molecule has 31 heavy (non-hydrogen) atoms. The number of hydrogen-bond acceptors (Lipinski definition) is 7. The molecular formula is C21H23FN8O. The summed E-state index contributed by atoms with van der Waals surface area (Å²) >= 11 is 0. The van der Waals surface area contributed by atoms with Crippen LogP contribution in [0.25, 0.3) is 5.65 Å². The smallest absolute Gasteiger partial charge is 0.227 e. The second-order valence-corrected chi connectivity index (χ2v) is 8.52. The van der Waals surface area contributed by atoms with Crippen molar-refractivity contribution >= 4 is 23.3 Å². The summed E-state index contributed by atoms with van der Waals surface area (Å²) in [6, 6.07) is 6.26. The number of anilines is 2. The number of carbonyl (C=O) groups excluding carboxylic acids is 1. The van der Waals surface area contributed by atoms with Crippen LogP contribution in [0.4, 0.5) is 16.2 Å². The second-order valence-electron chi connectivity index (χ2n) is 8.52. The topological polar surface area (TPSA) is 90.7 Å². The Morgan fingerprint density at radius 3 is 2.84 bits per heavy atom. The number of rotatable bonds is 5. The van der Waals surface area contributed by atoms with E-state index in [-0.39, 0.29) is 17.6 Å².